The lowest BCUT2D eigenvalue weighted by atomic mass is 10.8. The molecule has 3 heteroatoms. The van der Waals surface area contributed by atoms with E-state index in [0.29, 0.717) is 0 Å². The van der Waals surface area contributed by atoms with Crippen molar-refractivity contribution < 1.29 is 0 Å². The second-order valence-corrected chi connectivity index (χ2v) is 2.39. The van der Waals surface area contributed by atoms with E-state index >= 15 is 0 Å². The van der Waals surface area contributed by atoms with Crippen molar-refractivity contribution in [2.24, 2.45) is 4.99 Å². The fourth-order valence-electron chi connectivity index (χ4n) is 0.500. The van der Waals surface area contributed by atoms with Crippen molar-refractivity contribution in [2.45, 2.75) is 13.8 Å². The number of amidine groups is 1. The first kappa shape index (κ1) is 8.82. The summed E-state index contributed by atoms with van der Waals surface area (Å²) in [5, 5.41) is 4.20. The van der Waals surface area contributed by atoms with Crippen LogP contribution in [-0.4, -0.2) is 24.5 Å². The highest BCUT2D eigenvalue weighted by Gasteiger charge is 2.03. The zero-order chi connectivity index (χ0) is 7.11. The van der Waals surface area contributed by atoms with Gasteiger partial charge in [-0.25, -0.2) is 0 Å². The summed E-state index contributed by atoms with van der Waals surface area (Å²) in [6.07, 6.45) is 0. The summed E-state index contributed by atoms with van der Waals surface area (Å²) < 4.78 is 0. The van der Waals surface area contributed by atoms with Gasteiger partial charge in [0.2, 0.25) is 0 Å². The lowest BCUT2D eigenvalue weighted by Gasteiger charge is -1.88. The van der Waals surface area contributed by atoms with Crippen LogP contribution in [0.15, 0.2) is 4.99 Å². The Morgan fingerprint density at radius 3 is 2.44 bits per heavy atom. The minimum absolute atomic E-state index is 1.08. The van der Waals surface area contributed by atoms with Crippen LogP contribution in [0.25, 0.3) is 0 Å². The fraction of sp³-hybridized carbons (Fsp3) is 0.833. The molecule has 9 heavy (non-hydrogen) atoms. The molecule has 1 rings (SSSR count). The summed E-state index contributed by atoms with van der Waals surface area (Å²) >= 11 is 1.78. The molecule has 0 bridgehead atoms. The minimum Gasteiger partial charge on any atom is -0.364 e. The first-order valence-corrected chi connectivity index (χ1v) is 4.25. The van der Waals surface area contributed by atoms with Gasteiger partial charge < -0.3 is 5.32 Å². The van der Waals surface area contributed by atoms with E-state index in [4.69, 9.17) is 0 Å². The summed E-state index contributed by atoms with van der Waals surface area (Å²) in [4.78, 5) is 3.96. The van der Waals surface area contributed by atoms with E-state index in [1.165, 1.54) is 5.75 Å². The molecular weight excluding hydrogens is 132 g/mol. The van der Waals surface area contributed by atoms with E-state index in [1.807, 2.05) is 13.8 Å². The second kappa shape index (κ2) is 5.95. The van der Waals surface area contributed by atoms with Crippen molar-refractivity contribution in [3.05, 3.63) is 0 Å². The largest absolute Gasteiger partial charge is 0.364 e. The maximum Gasteiger partial charge on any atom is 0.156 e. The molecule has 1 aliphatic heterocycles. The number of aliphatic imine (C=N–C) groups is 1. The molecule has 54 valence electrons. The van der Waals surface area contributed by atoms with Crippen LogP contribution in [0.3, 0.4) is 0 Å². The molecule has 1 aliphatic rings. The zero-order valence-corrected chi connectivity index (χ0v) is 7.09. The average molecular weight is 146 g/mol. The first-order chi connectivity index (χ1) is 4.43. The molecule has 0 amide bonds. The van der Waals surface area contributed by atoms with Crippen LogP contribution < -0.4 is 5.32 Å². The summed E-state index contributed by atoms with van der Waals surface area (Å²) in [5.41, 5.74) is 0. The van der Waals surface area contributed by atoms with E-state index in [2.05, 4.69) is 10.3 Å². The monoisotopic (exact) mass is 146 g/mol. The smallest absolute Gasteiger partial charge is 0.156 e. The summed E-state index contributed by atoms with van der Waals surface area (Å²) in [7, 11) is 1.81. The van der Waals surface area contributed by atoms with Gasteiger partial charge in [-0.1, -0.05) is 25.6 Å². The molecule has 0 aromatic carbocycles. The molecule has 1 saturated heterocycles. The highest BCUT2D eigenvalue weighted by atomic mass is 32.2. The topological polar surface area (TPSA) is 24.4 Å². The van der Waals surface area contributed by atoms with E-state index in [0.717, 1.165) is 11.7 Å². The SMILES string of the molecule is CC.CN=C1NCCS1. The lowest BCUT2D eigenvalue weighted by molar-refractivity contribution is 1.01. The normalized spacial score (nSPS) is 20.6. The highest BCUT2D eigenvalue weighted by molar-refractivity contribution is 8.14. The minimum atomic E-state index is 1.08. The number of nitrogens with one attached hydrogen (secondary N) is 1. The Morgan fingerprint density at radius 2 is 2.22 bits per heavy atom. The van der Waals surface area contributed by atoms with E-state index in [9.17, 15) is 0 Å². The van der Waals surface area contributed by atoms with E-state index in [-0.39, 0.29) is 0 Å². The van der Waals surface area contributed by atoms with Gasteiger partial charge in [0.25, 0.3) is 0 Å². The third-order valence-corrected chi connectivity index (χ3v) is 1.83. The van der Waals surface area contributed by atoms with Crippen LogP contribution in [0.2, 0.25) is 0 Å². The molecule has 0 spiro atoms. The van der Waals surface area contributed by atoms with Crippen LogP contribution in [0, 0.1) is 0 Å². The molecule has 0 atom stereocenters. The standard InChI is InChI=1S/C4H8N2S.C2H6/c1-5-4-6-2-3-7-4;1-2/h2-3H2,1H3,(H,5,6);1-2H3. The van der Waals surface area contributed by atoms with Gasteiger partial charge in [0.15, 0.2) is 5.17 Å². The molecule has 0 saturated carbocycles. The summed E-state index contributed by atoms with van der Waals surface area (Å²) in [5.74, 6) is 1.17. The van der Waals surface area contributed by atoms with Crippen molar-refractivity contribution in [1.29, 1.82) is 0 Å². The third-order valence-electron chi connectivity index (χ3n) is 0.820. The van der Waals surface area contributed by atoms with Gasteiger partial charge >= 0.3 is 0 Å². The highest BCUT2D eigenvalue weighted by Crippen LogP contribution is 2.05. The number of hydrogen-bond acceptors (Lipinski definition) is 2. The Labute approximate surface area is 61.1 Å². The second-order valence-electron chi connectivity index (χ2n) is 1.30. The Kier molecular flexibility index (Phi) is 5.83. The lowest BCUT2D eigenvalue weighted by Crippen LogP contribution is -2.12. The molecule has 0 radical (unpaired) electrons. The Balaban J connectivity index is 0.000000291. The summed E-state index contributed by atoms with van der Waals surface area (Å²) in [6, 6.07) is 0. The van der Waals surface area contributed by atoms with Gasteiger partial charge in [0, 0.05) is 19.3 Å². The quantitative estimate of drug-likeness (QED) is 0.557. The van der Waals surface area contributed by atoms with Crippen LogP contribution in [0.1, 0.15) is 13.8 Å². The van der Waals surface area contributed by atoms with Gasteiger partial charge in [-0.05, 0) is 0 Å². The van der Waals surface area contributed by atoms with Crippen molar-refractivity contribution in [1.82, 2.24) is 5.32 Å². The molecular formula is C6H14N2S. The molecule has 2 nitrogen and oxygen atoms in total. The third kappa shape index (κ3) is 3.40. The number of rotatable bonds is 0. The van der Waals surface area contributed by atoms with Crippen molar-refractivity contribution >= 4 is 16.9 Å². The first-order valence-electron chi connectivity index (χ1n) is 3.27. The van der Waals surface area contributed by atoms with Crippen LogP contribution >= 0.6 is 11.8 Å². The van der Waals surface area contributed by atoms with Crippen molar-refractivity contribution in [3.63, 3.8) is 0 Å². The van der Waals surface area contributed by atoms with Gasteiger partial charge in [-0.3, -0.25) is 4.99 Å². The molecule has 1 N–H and O–H groups in total. The predicted octanol–water partition coefficient (Wildman–Crippen LogP) is 1.33. The fourth-order valence-corrected chi connectivity index (χ4v) is 1.23. The van der Waals surface area contributed by atoms with Crippen molar-refractivity contribution in [2.75, 3.05) is 19.3 Å². The van der Waals surface area contributed by atoms with Gasteiger partial charge in [0.05, 0.1) is 0 Å². The van der Waals surface area contributed by atoms with E-state index in [1.54, 1.807) is 18.8 Å². The number of thioether (sulfide) groups is 1. The molecule has 0 unspecified atom stereocenters. The Morgan fingerprint density at radius 1 is 1.56 bits per heavy atom. The summed E-state index contributed by atoms with van der Waals surface area (Å²) in [6.45, 7) is 5.08. The molecule has 0 aliphatic carbocycles. The molecule has 1 fully saturated rings. The van der Waals surface area contributed by atoms with E-state index < -0.39 is 0 Å². The van der Waals surface area contributed by atoms with Gasteiger partial charge in [-0.15, -0.1) is 0 Å². The van der Waals surface area contributed by atoms with Crippen LogP contribution in [0.5, 0.6) is 0 Å². The zero-order valence-electron chi connectivity index (χ0n) is 6.27. The number of hydrogen-bond donors (Lipinski definition) is 1. The Hall–Kier alpha value is -0.180. The predicted molar refractivity (Wildman–Crippen MR) is 45.2 cm³/mol. The molecule has 0 aromatic rings. The maximum absolute atomic E-state index is 3.96. The molecule has 0 aromatic heterocycles. The van der Waals surface area contributed by atoms with Gasteiger partial charge in [0.1, 0.15) is 0 Å². The van der Waals surface area contributed by atoms with Crippen molar-refractivity contribution in [3.8, 4) is 0 Å². The van der Waals surface area contributed by atoms with Gasteiger partial charge in [-0.2, -0.15) is 0 Å². The van der Waals surface area contributed by atoms with Crippen LogP contribution in [0.4, 0.5) is 0 Å². The number of nitrogens with zero attached hydrogens (tertiary/aromatic N) is 1. The molecule has 1 heterocycles. The maximum atomic E-state index is 3.96. The average Bonchev–Trinajstić information content (AvgIpc) is 2.43. The Bertz CT molecular complexity index is 83.1. The van der Waals surface area contributed by atoms with Crippen LogP contribution in [-0.2, 0) is 0 Å².